The van der Waals surface area contributed by atoms with E-state index in [9.17, 15) is 9.18 Å². The maximum Gasteiger partial charge on any atom is 0.232 e. The number of hydrogen-bond acceptors (Lipinski definition) is 2. The Labute approximate surface area is 110 Å². The Hall–Kier alpha value is -2.36. The lowest BCUT2D eigenvalue weighted by atomic mass is 9.77. The molecule has 1 amide bonds. The molecule has 1 aliphatic rings. The predicted octanol–water partition coefficient (Wildman–Crippen LogP) is 2.69. The molecule has 1 unspecified atom stereocenters. The molecule has 0 spiro atoms. The molecule has 0 radical (unpaired) electrons. The number of benzene rings is 2. The highest BCUT2D eigenvalue weighted by Crippen LogP contribution is 2.36. The third-order valence-electron chi connectivity index (χ3n) is 3.44. The van der Waals surface area contributed by atoms with Crippen LogP contribution in [0.15, 0.2) is 42.5 Å². The standard InChI is InChI=1S/C15H13FN2O/c16-10-5-6-14(13(17)8-10)18-15(19)12-7-9-3-1-2-4-11(9)12/h1-6,8,12H,7,17H2,(H,18,19). The number of halogens is 1. The fourth-order valence-corrected chi connectivity index (χ4v) is 2.36. The smallest absolute Gasteiger partial charge is 0.232 e. The Morgan fingerprint density at radius 1 is 1.26 bits per heavy atom. The second-order valence-corrected chi connectivity index (χ2v) is 4.68. The normalized spacial score (nSPS) is 16.4. The summed E-state index contributed by atoms with van der Waals surface area (Å²) >= 11 is 0. The number of hydrogen-bond donors (Lipinski definition) is 2. The van der Waals surface area contributed by atoms with Gasteiger partial charge in [0.25, 0.3) is 0 Å². The van der Waals surface area contributed by atoms with Crippen LogP contribution in [0.3, 0.4) is 0 Å². The predicted molar refractivity (Wildman–Crippen MR) is 72.3 cm³/mol. The largest absolute Gasteiger partial charge is 0.397 e. The number of carbonyl (C=O) groups excluding carboxylic acids is 1. The van der Waals surface area contributed by atoms with Gasteiger partial charge >= 0.3 is 0 Å². The van der Waals surface area contributed by atoms with Gasteiger partial charge in [0.05, 0.1) is 17.3 Å². The quantitative estimate of drug-likeness (QED) is 0.812. The molecule has 2 aromatic rings. The zero-order chi connectivity index (χ0) is 13.4. The fourth-order valence-electron chi connectivity index (χ4n) is 2.36. The van der Waals surface area contributed by atoms with Crippen LogP contribution in [0.1, 0.15) is 17.0 Å². The first-order valence-corrected chi connectivity index (χ1v) is 6.09. The molecule has 3 rings (SSSR count). The van der Waals surface area contributed by atoms with E-state index in [-0.39, 0.29) is 17.5 Å². The van der Waals surface area contributed by atoms with Crippen LogP contribution in [0.25, 0.3) is 0 Å². The number of amides is 1. The first-order chi connectivity index (χ1) is 9.15. The maximum absolute atomic E-state index is 12.9. The van der Waals surface area contributed by atoms with Gasteiger partial charge in [0.2, 0.25) is 5.91 Å². The molecule has 19 heavy (non-hydrogen) atoms. The molecule has 1 aliphatic carbocycles. The highest BCUT2D eigenvalue weighted by atomic mass is 19.1. The lowest BCUT2D eigenvalue weighted by Gasteiger charge is -2.29. The summed E-state index contributed by atoms with van der Waals surface area (Å²) in [6, 6.07) is 11.8. The van der Waals surface area contributed by atoms with E-state index >= 15 is 0 Å². The van der Waals surface area contributed by atoms with Crippen LogP contribution in [0, 0.1) is 5.82 Å². The molecule has 3 N–H and O–H groups in total. The Kier molecular flexibility index (Phi) is 2.71. The summed E-state index contributed by atoms with van der Waals surface area (Å²) in [5, 5.41) is 2.75. The van der Waals surface area contributed by atoms with Crippen LogP contribution < -0.4 is 11.1 Å². The number of fused-ring (bicyclic) bond motifs is 1. The summed E-state index contributed by atoms with van der Waals surface area (Å²) in [5.41, 5.74) is 8.62. The van der Waals surface area contributed by atoms with Crippen molar-refractivity contribution in [3.63, 3.8) is 0 Å². The second kappa shape index (κ2) is 4.39. The topological polar surface area (TPSA) is 55.1 Å². The van der Waals surface area contributed by atoms with Gasteiger partial charge in [-0.3, -0.25) is 4.79 Å². The van der Waals surface area contributed by atoms with Crippen molar-refractivity contribution < 1.29 is 9.18 Å². The molecule has 1 atom stereocenters. The first-order valence-electron chi connectivity index (χ1n) is 6.09. The van der Waals surface area contributed by atoms with Crippen molar-refractivity contribution in [2.45, 2.75) is 12.3 Å². The Balaban J connectivity index is 1.77. The van der Waals surface area contributed by atoms with Gasteiger partial charge < -0.3 is 11.1 Å². The van der Waals surface area contributed by atoms with Crippen molar-refractivity contribution in [2.75, 3.05) is 11.1 Å². The molecular weight excluding hydrogens is 243 g/mol. The van der Waals surface area contributed by atoms with Crippen molar-refractivity contribution >= 4 is 17.3 Å². The second-order valence-electron chi connectivity index (χ2n) is 4.68. The molecule has 4 heteroatoms. The molecule has 2 aromatic carbocycles. The van der Waals surface area contributed by atoms with Gasteiger partial charge in [0.1, 0.15) is 5.82 Å². The maximum atomic E-state index is 12.9. The van der Waals surface area contributed by atoms with Gasteiger partial charge in [-0.1, -0.05) is 24.3 Å². The minimum atomic E-state index is -0.413. The first kappa shape index (κ1) is 11.7. The van der Waals surface area contributed by atoms with Gasteiger partial charge in [-0.25, -0.2) is 4.39 Å². The van der Waals surface area contributed by atoms with E-state index in [0.29, 0.717) is 5.69 Å². The summed E-state index contributed by atoms with van der Waals surface area (Å²) < 4.78 is 12.9. The van der Waals surface area contributed by atoms with E-state index in [1.54, 1.807) is 0 Å². The fraction of sp³-hybridized carbons (Fsp3) is 0.133. The Morgan fingerprint density at radius 2 is 2.05 bits per heavy atom. The SMILES string of the molecule is Nc1cc(F)ccc1NC(=O)C1Cc2ccccc21. The zero-order valence-electron chi connectivity index (χ0n) is 10.2. The van der Waals surface area contributed by atoms with Crippen LogP contribution >= 0.6 is 0 Å². The highest BCUT2D eigenvalue weighted by molar-refractivity contribution is 5.99. The average molecular weight is 256 g/mol. The number of carbonyl (C=O) groups is 1. The minimum absolute atomic E-state index is 0.1000. The number of nitrogens with two attached hydrogens (primary N) is 1. The van der Waals surface area contributed by atoms with E-state index in [2.05, 4.69) is 5.32 Å². The van der Waals surface area contributed by atoms with E-state index in [1.807, 2.05) is 24.3 Å². The Morgan fingerprint density at radius 3 is 2.79 bits per heavy atom. The van der Waals surface area contributed by atoms with Gasteiger partial charge in [-0.15, -0.1) is 0 Å². The molecule has 0 heterocycles. The summed E-state index contributed by atoms with van der Waals surface area (Å²) in [4.78, 5) is 12.1. The number of nitrogen functional groups attached to an aromatic ring is 1. The van der Waals surface area contributed by atoms with Gasteiger partial charge in [-0.05, 0) is 35.7 Å². The Bertz CT molecular complexity index is 654. The van der Waals surface area contributed by atoms with Crippen LogP contribution in [0.2, 0.25) is 0 Å². The number of nitrogens with one attached hydrogen (secondary N) is 1. The van der Waals surface area contributed by atoms with E-state index in [4.69, 9.17) is 5.73 Å². The lowest BCUT2D eigenvalue weighted by Crippen LogP contribution is -2.30. The van der Waals surface area contributed by atoms with Crippen LogP contribution in [0.5, 0.6) is 0 Å². The van der Waals surface area contributed by atoms with Crippen LogP contribution in [-0.2, 0) is 11.2 Å². The monoisotopic (exact) mass is 256 g/mol. The summed E-state index contributed by atoms with van der Waals surface area (Å²) in [6.07, 6.45) is 0.739. The third kappa shape index (κ3) is 2.05. The molecule has 0 saturated carbocycles. The van der Waals surface area contributed by atoms with Crippen molar-refractivity contribution in [3.05, 3.63) is 59.4 Å². The lowest BCUT2D eigenvalue weighted by molar-refractivity contribution is -0.118. The van der Waals surface area contributed by atoms with Crippen molar-refractivity contribution in [2.24, 2.45) is 0 Å². The summed E-state index contributed by atoms with van der Waals surface area (Å²) in [5.74, 6) is -0.651. The van der Waals surface area contributed by atoms with Crippen LogP contribution in [0.4, 0.5) is 15.8 Å². The van der Waals surface area contributed by atoms with E-state index in [0.717, 1.165) is 12.0 Å². The molecule has 3 nitrogen and oxygen atoms in total. The molecule has 0 aromatic heterocycles. The molecule has 0 saturated heterocycles. The van der Waals surface area contributed by atoms with Crippen molar-refractivity contribution in [1.82, 2.24) is 0 Å². The van der Waals surface area contributed by atoms with Gasteiger partial charge in [0, 0.05) is 0 Å². The van der Waals surface area contributed by atoms with Crippen molar-refractivity contribution in [1.29, 1.82) is 0 Å². The average Bonchev–Trinajstić information content (AvgIpc) is 2.34. The number of rotatable bonds is 2. The third-order valence-corrected chi connectivity index (χ3v) is 3.44. The van der Waals surface area contributed by atoms with Crippen LogP contribution in [-0.4, -0.2) is 5.91 Å². The van der Waals surface area contributed by atoms with E-state index < -0.39 is 5.82 Å². The van der Waals surface area contributed by atoms with E-state index in [1.165, 1.54) is 23.8 Å². The molecule has 0 bridgehead atoms. The highest BCUT2D eigenvalue weighted by Gasteiger charge is 2.31. The van der Waals surface area contributed by atoms with Gasteiger partial charge in [-0.2, -0.15) is 0 Å². The summed E-state index contributed by atoms with van der Waals surface area (Å²) in [6.45, 7) is 0. The van der Waals surface area contributed by atoms with Crippen molar-refractivity contribution in [3.8, 4) is 0 Å². The molecule has 0 aliphatic heterocycles. The van der Waals surface area contributed by atoms with Gasteiger partial charge in [0.15, 0.2) is 0 Å². The minimum Gasteiger partial charge on any atom is -0.397 e. The summed E-state index contributed by atoms with van der Waals surface area (Å²) in [7, 11) is 0. The number of anilines is 2. The molecular formula is C15H13FN2O. The zero-order valence-corrected chi connectivity index (χ0v) is 10.2. The molecule has 96 valence electrons. The molecule has 0 fully saturated rings.